The Morgan fingerprint density at radius 3 is 1.07 bits per heavy atom. The Bertz CT molecular complexity index is 192. The van der Waals surface area contributed by atoms with Crippen LogP contribution in [0, 0.1) is 0 Å². The minimum Gasteiger partial charge on any atom is -0.481 e. The summed E-state index contributed by atoms with van der Waals surface area (Å²) in [7, 11) is 0. The van der Waals surface area contributed by atoms with Gasteiger partial charge in [0.05, 0.1) is 6.42 Å². The lowest BCUT2D eigenvalue weighted by Gasteiger charge is -1.81. The standard InChI is InChI=1S/C5H8O2.C3H4O4/c1-4(6)3-5(2)7;4-2(5)1-3(6)7/h3H2,1-2H3;1H2,(H,4,5)(H,6,7). The summed E-state index contributed by atoms with van der Waals surface area (Å²) in [6.45, 7) is 2.81. The third kappa shape index (κ3) is 22.4. The van der Waals surface area contributed by atoms with E-state index >= 15 is 0 Å². The van der Waals surface area contributed by atoms with Gasteiger partial charge >= 0.3 is 11.9 Å². The molecule has 0 aliphatic rings. The molecule has 0 aromatic carbocycles. The molecule has 0 amide bonds. The lowest BCUT2D eigenvalue weighted by molar-refractivity contribution is -0.147. The van der Waals surface area contributed by atoms with Crippen molar-refractivity contribution >= 4 is 23.5 Å². The highest BCUT2D eigenvalue weighted by Crippen LogP contribution is 1.80. The van der Waals surface area contributed by atoms with Crippen LogP contribution in [0.25, 0.3) is 0 Å². The first-order valence-electron chi connectivity index (χ1n) is 3.68. The third-order valence-electron chi connectivity index (χ3n) is 0.800. The van der Waals surface area contributed by atoms with Crippen LogP contribution in [0.1, 0.15) is 26.7 Å². The van der Waals surface area contributed by atoms with Crippen LogP contribution in [-0.4, -0.2) is 33.7 Å². The van der Waals surface area contributed by atoms with Gasteiger partial charge in [-0.2, -0.15) is 0 Å². The van der Waals surface area contributed by atoms with Crippen LogP contribution >= 0.6 is 0 Å². The molecule has 0 fully saturated rings. The number of carboxylic acid groups (broad SMARTS) is 2. The molecule has 0 radical (unpaired) electrons. The normalized spacial score (nSPS) is 8.14. The van der Waals surface area contributed by atoms with Crippen LogP contribution in [0.4, 0.5) is 0 Å². The molecule has 0 bridgehead atoms. The summed E-state index contributed by atoms with van der Waals surface area (Å²) < 4.78 is 0. The molecule has 0 atom stereocenters. The molecule has 0 saturated heterocycles. The zero-order valence-electron chi connectivity index (χ0n) is 7.94. The number of hydrogen-bond acceptors (Lipinski definition) is 4. The van der Waals surface area contributed by atoms with Crippen molar-refractivity contribution in [3.63, 3.8) is 0 Å². The highest BCUT2D eigenvalue weighted by Gasteiger charge is 2.01. The molecule has 0 heterocycles. The fourth-order valence-corrected chi connectivity index (χ4v) is 0.480. The lowest BCUT2D eigenvalue weighted by atomic mass is 10.2. The molecule has 80 valence electrons. The quantitative estimate of drug-likeness (QED) is 0.628. The Kier molecular flexibility index (Phi) is 8.35. The predicted molar refractivity (Wildman–Crippen MR) is 45.9 cm³/mol. The molecule has 6 nitrogen and oxygen atoms in total. The number of carbonyl (C=O) groups excluding carboxylic acids is 2. The van der Waals surface area contributed by atoms with E-state index in [-0.39, 0.29) is 18.0 Å². The van der Waals surface area contributed by atoms with Crippen molar-refractivity contribution in [2.24, 2.45) is 0 Å². The molecule has 0 aromatic heterocycles. The van der Waals surface area contributed by atoms with E-state index in [1.807, 2.05) is 0 Å². The molecule has 2 N–H and O–H groups in total. The molecule has 6 heteroatoms. The van der Waals surface area contributed by atoms with Gasteiger partial charge in [-0.25, -0.2) is 0 Å². The fourth-order valence-electron chi connectivity index (χ4n) is 0.480. The second-order valence-corrected chi connectivity index (χ2v) is 2.55. The van der Waals surface area contributed by atoms with E-state index in [0.29, 0.717) is 0 Å². The number of ketones is 2. The van der Waals surface area contributed by atoms with Crippen LogP contribution in [0.2, 0.25) is 0 Å². The summed E-state index contributed by atoms with van der Waals surface area (Å²) in [4.78, 5) is 38.9. The highest BCUT2D eigenvalue weighted by atomic mass is 16.4. The average molecular weight is 204 g/mol. The van der Waals surface area contributed by atoms with Crippen LogP contribution in [0.15, 0.2) is 0 Å². The van der Waals surface area contributed by atoms with Gasteiger partial charge in [0.25, 0.3) is 0 Å². The van der Waals surface area contributed by atoms with Gasteiger partial charge < -0.3 is 10.2 Å². The van der Waals surface area contributed by atoms with Crippen molar-refractivity contribution in [3.05, 3.63) is 0 Å². The van der Waals surface area contributed by atoms with Gasteiger partial charge in [-0.15, -0.1) is 0 Å². The highest BCUT2D eigenvalue weighted by molar-refractivity contribution is 5.96. The zero-order chi connectivity index (χ0) is 11.7. The van der Waals surface area contributed by atoms with E-state index in [2.05, 4.69) is 0 Å². The van der Waals surface area contributed by atoms with Gasteiger partial charge in [-0.05, 0) is 13.8 Å². The summed E-state index contributed by atoms with van der Waals surface area (Å²) in [6.07, 6.45) is -0.722. The summed E-state index contributed by atoms with van der Waals surface area (Å²) in [6, 6.07) is 0. The van der Waals surface area contributed by atoms with E-state index in [0.717, 1.165) is 0 Å². The Morgan fingerprint density at radius 2 is 1.07 bits per heavy atom. The van der Waals surface area contributed by atoms with Crippen molar-refractivity contribution in [3.8, 4) is 0 Å². The largest absolute Gasteiger partial charge is 0.481 e. The second-order valence-electron chi connectivity index (χ2n) is 2.55. The number of aliphatic carboxylic acids is 2. The smallest absolute Gasteiger partial charge is 0.314 e. The molecular weight excluding hydrogens is 192 g/mol. The number of rotatable bonds is 4. The van der Waals surface area contributed by atoms with Crippen LogP contribution < -0.4 is 0 Å². The summed E-state index contributed by atoms with van der Waals surface area (Å²) in [5.74, 6) is -2.75. The SMILES string of the molecule is CC(=O)CC(C)=O.O=C(O)CC(=O)O. The maximum absolute atomic E-state index is 10.0. The van der Waals surface area contributed by atoms with E-state index in [1.165, 1.54) is 13.8 Å². The van der Waals surface area contributed by atoms with Gasteiger partial charge in [0.1, 0.15) is 18.0 Å². The van der Waals surface area contributed by atoms with Crippen LogP contribution in [0.3, 0.4) is 0 Å². The van der Waals surface area contributed by atoms with E-state index < -0.39 is 18.4 Å². The van der Waals surface area contributed by atoms with Crippen LogP contribution in [-0.2, 0) is 19.2 Å². The maximum atomic E-state index is 10.0. The van der Waals surface area contributed by atoms with Gasteiger partial charge in [-0.1, -0.05) is 0 Å². The fraction of sp³-hybridized carbons (Fsp3) is 0.500. The topological polar surface area (TPSA) is 109 Å². The number of carbonyl (C=O) groups is 4. The number of hydrogen-bond donors (Lipinski definition) is 2. The first-order chi connectivity index (χ1) is 6.25. The molecule has 0 aliphatic heterocycles. The first kappa shape index (κ1) is 14.8. The molecule has 0 aliphatic carbocycles. The van der Waals surface area contributed by atoms with Crippen molar-refractivity contribution < 1.29 is 29.4 Å². The van der Waals surface area contributed by atoms with Gasteiger partial charge in [0, 0.05) is 0 Å². The van der Waals surface area contributed by atoms with Gasteiger partial charge in [0.2, 0.25) is 0 Å². The molecule has 0 unspecified atom stereocenters. The molecule has 0 aromatic rings. The van der Waals surface area contributed by atoms with Crippen molar-refractivity contribution in [2.45, 2.75) is 26.7 Å². The third-order valence-corrected chi connectivity index (χ3v) is 0.800. The van der Waals surface area contributed by atoms with E-state index in [1.54, 1.807) is 0 Å². The first-order valence-corrected chi connectivity index (χ1v) is 3.68. The van der Waals surface area contributed by atoms with E-state index in [9.17, 15) is 19.2 Å². The maximum Gasteiger partial charge on any atom is 0.314 e. The Balaban J connectivity index is 0. The molecular formula is C8H12O6. The molecule has 14 heavy (non-hydrogen) atoms. The lowest BCUT2D eigenvalue weighted by Crippen LogP contribution is -2.03. The number of carboxylic acids is 2. The number of Topliss-reactive ketones (excluding diaryl/α,β-unsaturated/α-hetero) is 2. The monoisotopic (exact) mass is 204 g/mol. The Hall–Kier alpha value is -1.72. The summed E-state index contributed by atoms with van der Waals surface area (Å²) in [5.41, 5.74) is 0. The van der Waals surface area contributed by atoms with Crippen molar-refractivity contribution in [1.82, 2.24) is 0 Å². The van der Waals surface area contributed by atoms with Crippen molar-refractivity contribution in [2.75, 3.05) is 0 Å². The molecule has 0 saturated carbocycles. The van der Waals surface area contributed by atoms with E-state index in [4.69, 9.17) is 10.2 Å². The molecule has 0 rings (SSSR count). The molecule has 0 spiro atoms. The zero-order valence-corrected chi connectivity index (χ0v) is 7.94. The average Bonchev–Trinajstić information content (AvgIpc) is 1.79. The van der Waals surface area contributed by atoms with Gasteiger partial charge in [0.15, 0.2) is 0 Å². The second kappa shape index (κ2) is 7.90. The summed E-state index contributed by atoms with van der Waals surface area (Å²) in [5, 5.41) is 15.4. The Morgan fingerprint density at radius 1 is 0.786 bits per heavy atom. The van der Waals surface area contributed by atoms with Crippen molar-refractivity contribution in [1.29, 1.82) is 0 Å². The summed E-state index contributed by atoms with van der Waals surface area (Å²) >= 11 is 0. The predicted octanol–water partition coefficient (Wildman–Crippen LogP) is 0.100. The minimum absolute atomic E-state index is 0.0625. The Labute approximate surface area is 80.5 Å². The minimum atomic E-state index is -1.31. The van der Waals surface area contributed by atoms with Crippen LogP contribution in [0.5, 0.6) is 0 Å². The van der Waals surface area contributed by atoms with Gasteiger partial charge in [-0.3, -0.25) is 19.2 Å².